The van der Waals surface area contributed by atoms with Crippen molar-refractivity contribution in [3.8, 4) is 0 Å². The van der Waals surface area contributed by atoms with E-state index in [0.29, 0.717) is 18.1 Å². The summed E-state index contributed by atoms with van der Waals surface area (Å²) >= 11 is 5.69. The third-order valence-corrected chi connectivity index (χ3v) is 2.30. The Labute approximate surface area is 101 Å². The molecule has 0 aliphatic rings. The first-order valence-electron chi connectivity index (χ1n) is 4.70. The molecule has 0 unspecified atom stereocenters. The molecule has 0 aliphatic heterocycles. The van der Waals surface area contributed by atoms with Crippen LogP contribution in [0.5, 0.6) is 0 Å². The lowest BCUT2D eigenvalue weighted by Gasteiger charge is -2.05. The van der Waals surface area contributed by atoms with Crippen LogP contribution in [0.25, 0.3) is 0 Å². The third kappa shape index (κ3) is 2.73. The highest BCUT2D eigenvalue weighted by atomic mass is 35.5. The van der Waals surface area contributed by atoms with Gasteiger partial charge in [0.1, 0.15) is 17.8 Å². The van der Waals surface area contributed by atoms with Gasteiger partial charge in [-0.3, -0.25) is 0 Å². The van der Waals surface area contributed by atoms with Crippen molar-refractivity contribution in [3.05, 3.63) is 40.9 Å². The summed E-state index contributed by atoms with van der Waals surface area (Å²) in [5.74, 6) is -0.755. The number of hydrogen-bond donors (Lipinski definition) is 2. The Morgan fingerprint density at radius 2 is 2.29 bits per heavy atom. The quantitative estimate of drug-likeness (QED) is 0.867. The zero-order chi connectivity index (χ0) is 12.3. The van der Waals surface area contributed by atoms with Crippen LogP contribution in [0.4, 0.5) is 5.82 Å². The lowest BCUT2D eigenvalue weighted by atomic mass is 10.3. The van der Waals surface area contributed by atoms with Crippen LogP contribution in [0.3, 0.4) is 0 Å². The maximum Gasteiger partial charge on any atom is 0.356 e. The number of nitrogens with zero attached hydrogens (tertiary/aromatic N) is 2. The van der Waals surface area contributed by atoms with Gasteiger partial charge in [0.25, 0.3) is 0 Å². The van der Waals surface area contributed by atoms with Gasteiger partial charge in [-0.25, -0.2) is 9.78 Å². The highest BCUT2D eigenvalue weighted by molar-refractivity contribution is 6.33. The Morgan fingerprint density at radius 1 is 1.47 bits per heavy atom. The van der Waals surface area contributed by atoms with Gasteiger partial charge in [0.15, 0.2) is 5.69 Å². The average molecular weight is 254 g/mol. The van der Waals surface area contributed by atoms with E-state index in [-0.39, 0.29) is 10.7 Å². The van der Waals surface area contributed by atoms with E-state index in [4.69, 9.17) is 16.7 Å². The van der Waals surface area contributed by atoms with Gasteiger partial charge >= 0.3 is 5.97 Å². The molecule has 0 aromatic carbocycles. The van der Waals surface area contributed by atoms with E-state index in [1.807, 2.05) is 0 Å². The molecular formula is C10H8ClN3O3. The topological polar surface area (TPSA) is 88.2 Å². The predicted molar refractivity (Wildman–Crippen MR) is 60.0 cm³/mol. The molecule has 7 heteroatoms. The SMILES string of the molecule is O=C(O)c1nc(NCc2ccon2)ccc1Cl. The molecule has 2 N–H and O–H groups in total. The minimum absolute atomic E-state index is 0.101. The molecule has 0 fully saturated rings. The monoisotopic (exact) mass is 253 g/mol. The molecule has 6 nitrogen and oxygen atoms in total. The van der Waals surface area contributed by atoms with E-state index in [2.05, 4.69) is 20.0 Å². The van der Waals surface area contributed by atoms with Crippen molar-refractivity contribution in [2.45, 2.75) is 6.54 Å². The molecule has 0 saturated carbocycles. The van der Waals surface area contributed by atoms with Crippen LogP contribution in [0.2, 0.25) is 5.02 Å². The van der Waals surface area contributed by atoms with Crippen molar-refractivity contribution in [2.75, 3.05) is 5.32 Å². The molecule has 0 spiro atoms. The fraction of sp³-hybridized carbons (Fsp3) is 0.100. The average Bonchev–Trinajstić information content (AvgIpc) is 2.80. The van der Waals surface area contributed by atoms with Crippen molar-refractivity contribution in [3.63, 3.8) is 0 Å². The molecule has 0 amide bonds. The molecule has 2 aromatic heterocycles. The molecule has 0 bridgehead atoms. The number of carboxylic acids is 1. The van der Waals surface area contributed by atoms with Gasteiger partial charge < -0.3 is 14.9 Å². The van der Waals surface area contributed by atoms with E-state index in [1.165, 1.54) is 12.3 Å². The Bertz CT molecular complexity index is 528. The van der Waals surface area contributed by atoms with Crippen LogP contribution in [-0.4, -0.2) is 21.2 Å². The van der Waals surface area contributed by atoms with Crippen molar-refractivity contribution in [1.82, 2.24) is 10.1 Å². The molecule has 0 radical (unpaired) electrons. The minimum Gasteiger partial charge on any atom is -0.476 e. The summed E-state index contributed by atoms with van der Waals surface area (Å²) < 4.78 is 4.66. The second-order valence-corrected chi connectivity index (χ2v) is 3.58. The zero-order valence-electron chi connectivity index (χ0n) is 8.55. The normalized spacial score (nSPS) is 10.2. The van der Waals surface area contributed by atoms with Crippen molar-refractivity contribution in [1.29, 1.82) is 0 Å². The van der Waals surface area contributed by atoms with Gasteiger partial charge in [-0.1, -0.05) is 16.8 Å². The first-order valence-corrected chi connectivity index (χ1v) is 5.07. The molecule has 2 aromatic rings. The van der Waals surface area contributed by atoms with E-state index in [1.54, 1.807) is 12.1 Å². The first kappa shape index (κ1) is 11.4. The largest absolute Gasteiger partial charge is 0.476 e. The zero-order valence-corrected chi connectivity index (χ0v) is 9.31. The van der Waals surface area contributed by atoms with E-state index >= 15 is 0 Å². The number of aromatic carboxylic acids is 1. The predicted octanol–water partition coefficient (Wildman–Crippen LogP) is 2.03. The van der Waals surface area contributed by atoms with E-state index in [0.717, 1.165) is 0 Å². The number of aromatic nitrogens is 2. The van der Waals surface area contributed by atoms with Gasteiger partial charge in [-0.05, 0) is 12.1 Å². The molecular weight excluding hydrogens is 246 g/mol. The Balaban J connectivity index is 2.11. The highest BCUT2D eigenvalue weighted by Gasteiger charge is 2.11. The Hall–Kier alpha value is -2.08. The third-order valence-electron chi connectivity index (χ3n) is 1.99. The number of carbonyl (C=O) groups is 1. The van der Waals surface area contributed by atoms with Crippen LogP contribution < -0.4 is 5.32 Å². The molecule has 17 heavy (non-hydrogen) atoms. The second kappa shape index (κ2) is 4.84. The molecule has 2 heterocycles. The number of pyridine rings is 1. The highest BCUT2D eigenvalue weighted by Crippen LogP contribution is 2.16. The van der Waals surface area contributed by atoms with E-state index in [9.17, 15) is 4.79 Å². The standard InChI is InChI=1S/C10H8ClN3O3/c11-7-1-2-8(13-9(7)10(15)16)12-5-6-3-4-17-14-6/h1-4H,5H2,(H,12,13)(H,15,16). The summed E-state index contributed by atoms with van der Waals surface area (Å²) in [5, 5.41) is 15.6. The van der Waals surface area contributed by atoms with Crippen LogP contribution in [-0.2, 0) is 6.54 Å². The van der Waals surface area contributed by atoms with Gasteiger partial charge in [-0.15, -0.1) is 0 Å². The smallest absolute Gasteiger partial charge is 0.356 e. The fourth-order valence-electron chi connectivity index (χ4n) is 1.20. The second-order valence-electron chi connectivity index (χ2n) is 3.18. The summed E-state index contributed by atoms with van der Waals surface area (Å²) in [7, 11) is 0. The maximum absolute atomic E-state index is 10.8. The number of anilines is 1. The summed E-state index contributed by atoms with van der Waals surface area (Å²) in [5.41, 5.74) is 0.510. The number of rotatable bonds is 4. The van der Waals surface area contributed by atoms with Crippen molar-refractivity contribution >= 4 is 23.4 Å². The molecule has 2 rings (SSSR count). The summed E-state index contributed by atoms with van der Waals surface area (Å²) in [4.78, 5) is 14.7. The van der Waals surface area contributed by atoms with Crippen LogP contribution in [0, 0.1) is 0 Å². The van der Waals surface area contributed by atoms with Gasteiger partial charge in [0.2, 0.25) is 0 Å². The van der Waals surface area contributed by atoms with E-state index < -0.39 is 5.97 Å². The molecule has 0 aliphatic carbocycles. The summed E-state index contributed by atoms with van der Waals surface area (Å²) in [6.07, 6.45) is 1.45. The number of hydrogen-bond acceptors (Lipinski definition) is 5. The minimum atomic E-state index is -1.17. The number of carboxylic acid groups (broad SMARTS) is 1. The Kier molecular flexibility index (Phi) is 3.24. The fourth-order valence-corrected chi connectivity index (χ4v) is 1.39. The van der Waals surface area contributed by atoms with Crippen LogP contribution >= 0.6 is 11.6 Å². The lowest BCUT2D eigenvalue weighted by molar-refractivity contribution is 0.0691. The molecule has 0 saturated heterocycles. The van der Waals surface area contributed by atoms with Gasteiger partial charge in [0, 0.05) is 6.07 Å². The van der Waals surface area contributed by atoms with Crippen molar-refractivity contribution < 1.29 is 14.4 Å². The van der Waals surface area contributed by atoms with Crippen molar-refractivity contribution in [2.24, 2.45) is 0 Å². The summed E-state index contributed by atoms with van der Waals surface area (Å²) in [6, 6.07) is 4.76. The van der Waals surface area contributed by atoms with Gasteiger partial charge in [-0.2, -0.15) is 0 Å². The number of halogens is 1. The van der Waals surface area contributed by atoms with Crippen LogP contribution in [0.15, 0.2) is 29.0 Å². The van der Waals surface area contributed by atoms with Gasteiger partial charge in [0.05, 0.1) is 11.6 Å². The Morgan fingerprint density at radius 3 is 2.94 bits per heavy atom. The lowest BCUT2D eigenvalue weighted by Crippen LogP contribution is -2.06. The maximum atomic E-state index is 10.8. The van der Waals surface area contributed by atoms with Crippen LogP contribution in [0.1, 0.15) is 16.2 Å². The molecule has 0 atom stereocenters. The molecule has 88 valence electrons. The summed E-state index contributed by atoms with van der Waals surface area (Å²) in [6.45, 7) is 0.393. The first-order chi connectivity index (χ1) is 8.16. The number of nitrogens with one attached hydrogen (secondary N) is 1.